The number of hydrogen-bond acceptors (Lipinski definition) is 6. The van der Waals surface area contributed by atoms with Crippen molar-refractivity contribution in [2.24, 2.45) is 0 Å². The molecule has 26 heavy (non-hydrogen) atoms. The molecular formula is C18H13ClN4O3. The van der Waals surface area contributed by atoms with Gasteiger partial charge in [0.2, 0.25) is 11.8 Å². The minimum absolute atomic E-state index is 0.0451. The Bertz CT molecular complexity index is 1130. The lowest BCUT2D eigenvalue weighted by Gasteiger charge is -2.04. The van der Waals surface area contributed by atoms with Crippen molar-refractivity contribution in [3.8, 4) is 22.8 Å². The summed E-state index contributed by atoms with van der Waals surface area (Å²) in [5, 5.41) is 12.4. The Morgan fingerprint density at radius 3 is 2.54 bits per heavy atom. The summed E-state index contributed by atoms with van der Waals surface area (Å²) in [6.07, 6.45) is 0. The second-order valence-electron chi connectivity index (χ2n) is 5.65. The molecule has 2 aromatic carbocycles. The number of halogens is 1. The average Bonchev–Trinajstić information content (AvgIpc) is 3.24. The molecule has 0 atom stereocenters. The largest absolute Gasteiger partial charge is 0.442 e. The SMILES string of the molecule is Cc1ccccc1-c1noc(=O)n1Cc1nnc(-c2ccccc2Cl)o1. The van der Waals surface area contributed by atoms with E-state index < -0.39 is 5.76 Å². The molecule has 0 saturated carbocycles. The van der Waals surface area contributed by atoms with Crippen LogP contribution in [0.15, 0.2) is 62.3 Å². The molecule has 8 heteroatoms. The van der Waals surface area contributed by atoms with E-state index in [1.807, 2.05) is 43.3 Å². The van der Waals surface area contributed by atoms with Crippen molar-refractivity contribution in [1.82, 2.24) is 19.9 Å². The number of aromatic nitrogens is 4. The molecule has 0 amide bonds. The van der Waals surface area contributed by atoms with E-state index in [2.05, 4.69) is 15.4 Å². The molecule has 0 aliphatic carbocycles. The molecule has 4 rings (SSSR count). The molecule has 2 heterocycles. The Labute approximate surface area is 152 Å². The van der Waals surface area contributed by atoms with E-state index in [1.165, 1.54) is 4.57 Å². The second kappa shape index (κ2) is 6.61. The minimum atomic E-state index is -0.597. The van der Waals surface area contributed by atoms with Gasteiger partial charge < -0.3 is 4.42 Å². The summed E-state index contributed by atoms with van der Waals surface area (Å²) in [4.78, 5) is 12.1. The van der Waals surface area contributed by atoms with Crippen molar-refractivity contribution >= 4 is 11.6 Å². The monoisotopic (exact) mass is 368 g/mol. The lowest BCUT2D eigenvalue weighted by molar-refractivity contribution is 0.374. The predicted molar refractivity (Wildman–Crippen MR) is 94.8 cm³/mol. The predicted octanol–water partition coefficient (Wildman–Crippen LogP) is 3.56. The molecule has 0 radical (unpaired) electrons. The smallest absolute Gasteiger partial charge is 0.419 e. The van der Waals surface area contributed by atoms with E-state index in [9.17, 15) is 4.79 Å². The summed E-state index contributed by atoms with van der Waals surface area (Å²) >= 11 is 6.15. The maximum absolute atomic E-state index is 12.1. The van der Waals surface area contributed by atoms with Crippen molar-refractivity contribution in [3.63, 3.8) is 0 Å². The van der Waals surface area contributed by atoms with Gasteiger partial charge in [-0.15, -0.1) is 10.2 Å². The topological polar surface area (TPSA) is 87.0 Å². The number of hydrogen-bond donors (Lipinski definition) is 0. The van der Waals surface area contributed by atoms with Crippen LogP contribution in [0.4, 0.5) is 0 Å². The highest BCUT2D eigenvalue weighted by Crippen LogP contribution is 2.27. The first-order valence-electron chi connectivity index (χ1n) is 7.83. The maximum atomic E-state index is 12.1. The van der Waals surface area contributed by atoms with Gasteiger partial charge in [0.15, 0.2) is 5.82 Å². The highest BCUT2D eigenvalue weighted by atomic mass is 35.5. The van der Waals surface area contributed by atoms with Crippen LogP contribution in [-0.2, 0) is 6.54 Å². The van der Waals surface area contributed by atoms with E-state index in [0.29, 0.717) is 16.4 Å². The minimum Gasteiger partial charge on any atom is -0.419 e. The molecule has 0 N–H and O–H groups in total. The molecule has 0 spiro atoms. The molecule has 0 aliphatic heterocycles. The standard InChI is InChI=1S/C18H13ClN4O3/c1-11-6-2-3-7-12(11)16-22-26-18(24)23(16)10-15-20-21-17(25-15)13-8-4-5-9-14(13)19/h2-9H,10H2,1H3. The quantitative estimate of drug-likeness (QED) is 0.547. The van der Waals surface area contributed by atoms with E-state index >= 15 is 0 Å². The third-order valence-corrected chi connectivity index (χ3v) is 4.27. The Hall–Kier alpha value is -3.19. The van der Waals surface area contributed by atoms with Crippen LogP contribution in [0.1, 0.15) is 11.5 Å². The van der Waals surface area contributed by atoms with E-state index in [4.69, 9.17) is 20.5 Å². The van der Waals surface area contributed by atoms with Gasteiger partial charge in [0.1, 0.15) is 6.54 Å². The van der Waals surface area contributed by atoms with Crippen LogP contribution in [0.5, 0.6) is 0 Å². The van der Waals surface area contributed by atoms with Gasteiger partial charge in [-0.1, -0.05) is 53.2 Å². The molecule has 7 nitrogen and oxygen atoms in total. The third kappa shape index (κ3) is 2.93. The van der Waals surface area contributed by atoms with Crippen molar-refractivity contribution in [1.29, 1.82) is 0 Å². The fraction of sp³-hybridized carbons (Fsp3) is 0.111. The number of nitrogens with zero attached hydrogens (tertiary/aromatic N) is 4. The Morgan fingerprint density at radius 2 is 1.77 bits per heavy atom. The fourth-order valence-corrected chi connectivity index (χ4v) is 2.84. The highest BCUT2D eigenvalue weighted by molar-refractivity contribution is 6.33. The van der Waals surface area contributed by atoms with Crippen LogP contribution < -0.4 is 5.76 Å². The third-order valence-electron chi connectivity index (χ3n) is 3.94. The van der Waals surface area contributed by atoms with Crippen LogP contribution in [0.25, 0.3) is 22.8 Å². The summed E-state index contributed by atoms with van der Waals surface area (Å²) in [6, 6.07) is 14.7. The average molecular weight is 369 g/mol. The highest BCUT2D eigenvalue weighted by Gasteiger charge is 2.18. The molecule has 4 aromatic rings. The molecule has 130 valence electrons. The van der Waals surface area contributed by atoms with Crippen molar-refractivity contribution in [2.45, 2.75) is 13.5 Å². The van der Waals surface area contributed by atoms with Crippen LogP contribution in [0, 0.1) is 6.92 Å². The van der Waals surface area contributed by atoms with Crippen molar-refractivity contribution in [2.75, 3.05) is 0 Å². The molecule has 0 saturated heterocycles. The number of benzene rings is 2. The fourth-order valence-electron chi connectivity index (χ4n) is 2.62. The van der Waals surface area contributed by atoms with Gasteiger partial charge in [-0.25, -0.2) is 9.36 Å². The van der Waals surface area contributed by atoms with Gasteiger partial charge in [-0.3, -0.25) is 4.52 Å². The Kier molecular flexibility index (Phi) is 4.14. The van der Waals surface area contributed by atoms with Gasteiger partial charge in [-0.05, 0) is 24.6 Å². The molecule has 0 fully saturated rings. The van der Waals surface area contributed by atoms with Crippen molar-refractivity contribution < 1.29 is 8.94 Å². The van der Waals surface area contributed by atoms with Crippen LogP contribution in [0.2, 0.25) is 5.02 Å². The van der Waals surface area contributed by atoms with Gasteiger partial charge in [0.05, 0.1) is 10.6 Å². The first-order chi connectivity index (χ1) is 12.6. The summed E-state index contributed by atoms with van der Waals surface area (Å²) in [5.74, 6) is 0.346. The van der Waals surface area contributed by atoms with Crippen LogP contribution >= 0.6 is 11.6 Å². The first kappa shape index (κ1) is 16.3. The Morgan fingerprint density at radius 1 is 1.04 bits per heavy atom. The normalized spacial score (nSPS) is 11.0. The Balaban J connectivity index is 1.70. The second-order valence-corrected chi connectivity index (χ2v) is 6.06. The van der Waals surface area contributed by atoms with E-state index in [-0.39, 0.29) is 18.3 Å². The lowest BCUT2D eigenvalue weighted by atomic mass is 10.1. The van der Waals surface area contributed by atoms with Crippen molar-refractivity contribution in [3.05, 3.63) is 75.6 Å². The lowest BCUT2D eigenvalue weighted by Crippen LogP contribution is -2.16. The zero-order valence-corrected chi connectivity index (χ0v) is 14.5. The molecule has 0 bridgehead atoms. The summed E-state index contributed by atoms with van der Waals surface area (Å²) in [5.41, 5.74) is 2.39. The van der Waals surface area contributed by atoms with Crippen LogP contribution in [-0.4, -0.2) is 19.9 Å². The summed E-state index contributed by atoms with van der Waals surface area (Å²) in [6.45, 7) is 1.98. The molecule has 0 aliphatic rings. The molecule has 2 aromatic heterocycles. The number of aryl methyl sites for hydroxylation is 1. The van der Waals surface area contributed by atoms with Gasteiger partial charge >= 0.3 is 5.76 Å². The van der Waals surface area contributed by atoms with Gasteiger partial charge in [-0.2, -0.15) is 0 Å². The zero-order chi connectivity index (χ0) is 18.1. The molecular weight excluding hydrogens is 356 g/mol. The van der Waals surface area contributed by atoms with Gasteiger partial charge in [0, 0.05) is 5.56 Å². The van der Waals surface area contributed by atoms with E-state index in [0.717, 1.165) is 11.1 Å². The summed E-state index contributed by atoms with van der Waals surface area (Å²) < 4.78 is 11.9. The zero-order valence-electron chi connectivity index (χ0n) is 13.7. The van der Waals surface area contributed by atoms with Crippen LogP contribution in [0.3, 0.4) is 0 Å². The number of rotatable bonds is 4. The first-order valence-corrected chi connectivity index (χ1v) is 8.21. The van der Waals surface area contributed by atoms with Gasteiger partial charge in [0.25, 0.3) is 0 Å². The maximum Gasteiger partial charge on any atom is 0.442 e. The molecule has 0 unspecified atom stereocenters. The van der Waals surface area contributed by atoms with E-state index in [1.54, 1.807) is 12.1 Å². The summed E-state index contributed by atoms with van der Waals surface area (Å²) in [7, 11) is 0.